The number of pyridine rings is 2. The highest BCUT2D eigenvalue weighted by Crippen LogP contribution is 2.34. The maximum absolute atomic E-state index is 11.9. The fraction of sp³-hybridized carbons (Fsp3) is 0.500. The molecule has 0 aromatic carbocycles. The standard InChI is InChI=1S/C18H21ClN4O/c1-11(2)14-7-21-18(15-8-20-16(19)6-13(14)15)22-9-12(10-22)23-5-3-4-17(23)24/h6-8,11-12H,3-5,9-10H2,1-2H3. The molecule has 2 fully saturated rings. The summed E-state index contributed by atoms with van der Waals surface area (Å²) in [5, 5.41) is 2.66. The Balaban J connectivity index is 1.64. The quantitative estimate of drug-likeness (QED) is 0.802. The van der Waals surface area contributed by atoms with Gasteiger partial charge in [0.15, 0.2) is 0 Å². The number of carbonyl (C=O) groups is 1. The summed E-state index contributed by atoms with van der Waals surface area (Å²) in [6.07, 6.45) is 5.46. The molecule has 0 radical (unpaired) electrons. The van der Waals surface area contributed by atoms with Crippen molar-refractivity contribution in [2.24, 2.45) is 0 Å². The van der Waals surface area contributed by atoms with Crippen LogP contribution in [0.4, 0.5) is 5.82 Å². The van der Waals surface area contributed by atoms with Gasteiger partial charge in [0.25, 0.3) is 0 Å². The first-order valence-electron chi connectivity index (χ1n) is 8.53. The van der Waals surface area contributed by atoms with Crippen molar-refractivity contribution in [3.05, 3.63) is 29.2 Å². The Kier molecular flexibility index (Phi) is 3.83. The molecular weight excluding hydrogens is 324 g/mol. The highest BCUT2D eigenvalue weighted by molar-refractivity contribution is 6.30. The summed E-state index contributed by atoms with van der Waals surface area (Å²) < 4.78 is 0. The summed E-state index contributed by atoms with van der Waals surface area (Å²) in [5.74, 6) is 1.61. The molecule has 6 heteroatoms. The highest BCUT2D eigenvalue weighted by atomic mass is 35.5. The molecule has 2 aromatic heterocycles. The smallest absolute Gasteiger partial charge is 0.223 e. The van der Waals surface area contributed by atoms with E-state index in [4.69, 9.17) is 16.6 Å². The second kappa shape index (κ2) is 5.88. The molecule has 2 aromatic rings. The summed E-state index contributed by atoms with van der Waals surface area (Å²) in [5.41, 5.74) is 1.19. The Morgan fingerprint density at radius 1 is 1.21 bits per heavy atom. The van der Waals surface area contributed by atoms with Gasteiger partial charge >= 0.3 is 0 Å². The SMILES string of the molecule is CC(C)c1cnc(N2CC(N3CCCC3=O)C2)c2cnc(Cl)cc12. The number of fused-ring (bicyclic) bond motifs is 1. The number of hydrogen-bond donors (Lipinski definition) is 0. The monoisotopic (exact) mass is 344 g/mol. The lowest BCUT2D eigenvalue weighted by molar-refractivity contribution is -0.130. The number of anilines is 1. The molecule has 0 saturated carbocycles. The summed E-state index contributed by atoms with van der Waals surface area (Å²) in [6, 6.07) is 2.25. The lowest BCUT2D eigenvalue weighted by atomic mass is 9.98. The van der Waals surface area contributed by atoms with E-state index < -0.39 is 0 Å². The van der Waals surface area contributed by atoms with Gasteiger partial charge in [0.2, 0.25) is 5.91 Å². The Labute approximate surface area is 146 Å². The number of likely N-dealkylation sites (tertiary alicyclic amines) is 1. The Morgan fingerprint density at radius 3 is 2.67 bits per heavy atom. The van der Waals surface area contributed by atoms with Gasteiger partial charge in [-0.15, -0.1) is 0 Å². The molecule has 0 spiro atoms. The number of hydrogen-bond acceptors (Lipinski definition) is 4. The molecule has 4 rings (SSSR count). The molecule has 4 heterocycles. The van der Waals surface area contributed by atoms with Crippen molar-refractivity contribution >= 4 is 34.1 Å². The Morgan fingerprint density at radius 2 is 2.00 bits per heavy atom. The maximum Gasteiger partial charge on any atom is 0.223 e. The number of halogens is 1. The number of carbonyl (C=O) groups excluding carboxylic acids is 1. The van der Waals surface area contributed by atoms with E-state index in [9.17, 15) is 4.79 Å². The van der Waals surface area contributed by atoms with Crippen LogP contribution in [0.1, 0.15) is 38.2 Å². The molecule has 0 unspecified atom stereocenters. The van der Waals surface area contributed by atoms with Crippen LogP contribution < -0.4 is 4.90 Å². The number of amides is 1. The fourth-order valence-corrected chi connectivity index (χ4v) is 3.87. The van der Waals surface area contributed by atoms with Gasteiger partial charge in [-0.1, -0.05) is 25.4 Å². The summed E-state index contributed by atoms with van der Waals surface area (Å²) in [4.78, 5) is 25.1. The normalized spacial score (nSPS) is 18.8. The lowest BCUT2D eigenvalue weighted by Gasteiger charge is -2.45. The van der Waals surface area contributed by atoms with E-state index in [2.05, 4.69) is 23.7 Å². The van der Waals surface area contributed by atoms with Gasteiger partial charge < -0.3 is 9.80 Å². The second-order valence-corrected chi connectivity index (χ2v) is 7.38. The van der Waals surface area contributed by atoms with Crippen LogP contribution in [-0.4, -0.2) is 46.5 Å². The van der Waals surface area contributed by atoms with Crippen LogP contribution in [0.5, 0.6) is 0 Å². The van der Waals surface area contributed by atoms with Crippen molar-refractivity contribution in [3.8, 4) is 0 Å². The topological polar surface area (TPSA) is 49.3 Å². The fourth-order valence-electron chi connectivity index (χ4n) is 3.71. The van der Waals surface area contributed by atoms with E-state index in [1.807, 2.05) is 23.4 Å². The first-order chi connectivity index (χ1) is 11.5. The average Bonchev–Trinajstić information content (AvgIpc) is 2.91. The number of aromatic nitrogens is 2. The molecule has 0 aliphatic carbocycles. The Hall–Kier alpha value is -1.88. The zero-order valence-corrected chi connectivity index (χ0v) is 14.8. The maximum atomic E-state index is 11.9. The van der Waals surface area contributed by atoms with Crippen LogP contribution in [0.2, 0.25) is 5.15 Å². The van der Waals surface area contributed by atoms with Crippen LogP contribution >= 0.6 is 11.6 Å². The van der Waals surface area contributed by atoms with Gasteiger partial charge in [-0.3, -0.25) is 4.79 Å². The molecule has 2 saturated heterocycles. The zero-order valence-electron chi connectivity index (χ0n) is 14.0. The van der Waals surface area contributed by atoms with E-state index in [-0.39, 0.29) is 0 Å². The zero-order chi connectivity index (χ0) is 16.8. The van der Waals surface area contributed by atoms with Crippen LogP contribution in [0.15, 0.2) is 18.5 Å². The third-order valence-corrected chi connectivity index (χ3v) is 5.29. The van der Waals surface area contributed by atoms with E-state index in [0.29, 0.717) is 29.4 Å². The predicted molar refractivity (Wildman–Crippen MR) is 95.6 cm³/mol. The Bertz CT molecular complexity index is 801. The van der Waals surface area contributed by atoms with Crippen molar-refractivity contribution in [2.75, 3.05) is 24.5 Å². The van der Waals surface area contributed by atoms with Crippen molar-refractivity contribution < 1.29 is 4.79 Å². The first kappa shape index (κ1) is 15.6. The molecule has 1 amide bonds. The molecule has 5 nitrogen and oxygen atoms in total. The number of rotatable bonds is 3. The second-order valence-electron chi connectivity index (χ2n) is 6.99. The van der Waals surface area contributed by atoms with Gasteiger partial charge in [0.1, 0.15) is 11.0 Å². The molecule has 0 N–H and O–H groups in total. The largest absolute Gasteiger partial charge is 0.352 e. The van der Waals surface area contributed by atoms with Crippen molar-refractivity contribution in [1.29, 1.82) is 0 Å². The molecule has 24 heavy (non-hydrogen) atoms. The van der Waals surface area contributed by atoms with Gasteiger partial charge in [-0.25, -0.2) is 9.97 Å². The summed E-state index contributed by atoms with van der Waals surface area (Å²) in [7, 11) is 0. The van der Waals surface area contributed by atoms with Crippen molar-refractivity contribution in [3.63, 3.8) is 0 Å². The third-order valence-electron chi connectivity index (χ3n) is 5.08. The van der Waals surface area contributed by atoms with E-state index in [1.165, 1.54) is 5.56 Å². The molecule has 2 aliphatic rings. The van der Waals surface area contributed by atoms with Gasteiger partial charge in [0, 0.05) is 43.8 Å². The first-order valence-corrected chi connectivity index (χ1v) is 8.91. The summed E-state index contributed by atoms with van der Waals surface area (Å²) >= 11 is 6.11. The van der Waals surface area contributed by atoms with Crippen LogP contribution in [0, 0.1) is 0 Å². The molecule has 0 atom stereocenters. The van der Waals surface area contributed by atoms with Gasteiger partial charge in [-0.2, -0.15) is 0 Å². The van der Waals surface area contributed by atoms with Gasteiger partial charge in [-0.05, 0) is 29.4 Å². The van der Waals surface area contributed by atoms with Crippen LogP contribution in [-0.2, 0) is 4.79 Å². The van der Waals surface area contributed by atoms with E-state index in [0.717, 1.165) is 42.6 Å². The average molecular weight is 345 g/mol. The minimum atomic E-state index is 0.293. The van der Waals surface area contributed by atoms with E-state index >= 15 is 0 Å². The summed E-state index contributed by atoms with van der Waals surface area (Å²) in [6.45, 7) is 6.90. The van der Waals surface area contributed by atoms with Crippen LogP contribution in [0.25, 0.3) is 10.8 Å². The molecule has 126 valence electrons. The molecule has 0 bridgehead atoms. The molecule has 2 aliphatic heterocycles. The van der Waals surface area contributed by atoms with Crippen molar-refractivity contribution in [1.82, 2.24) is 14.9 Å². The highest BCUT2D eigenvalue weighted by Gasteiger charge is 2.37. The minimum Gasteiger partial charge on any atom is -0.352 e. The third kappa shape index (κ3) is 2.51. The predicted octanol–water partition coefficient (Wildman–Crippen LogP) is 3.22. The minimum absolute atomic E-state index is 0.293. The number of nitrogens with zero attached hydrogens (tertiary/aromatic N) is 4. The van der Waals surface area contributed by atoms with Crippen LogP contribution in [0.3, 0.4) is 0 Å². The lowest BCUT2D eigenvalue weighted by Crippen LogP contribution is -2.60. The van der Waals surface area contributed by atoms with Gasteiger partial charge in [0.05, 0.1) is 6.04 Å². The van der Waals surface area contributed by atoms with Crippen molar-refractivity contribution in [2.45, 2.75) is 38.6 Å². The van der Waals surface area contributed by atoms with E-state index in [1.54, 1.807) is 0 Å². The molecular formula is C18H21ClN4O.